The number of benzene rings is 6. The minimum absolute atomic E-state index is 0.249. The molecule has 0 aliphatic heterocycles. The highest BCUT2D eigenvalue weighted by atomic mass is 17.2. The highest BCUT2D eigenvalue weighted by molar-refractivity contribution is 5.89. The van der Waals surface area contributed by atoms with Gasteiger partial charge in [0.2, 0.25) is 0 Å². The van der Waals surface area contributed by atoms with Crippen molar-refractivity contribution in [3.05, 3.63) is 179 Å². The summed E-state index contributed by atoms with van der Waals surface area (Å²) in [7, 11) is 0. The zero-order valence-corrected chi connectivity index (χ0v) is 37.7. The second-order valence-electron chi connectivity index (χ2n) is 16.5. The summed E-state index contributed by atoms with van der Waals surface area (Å²) in [5.74, 6) is 2.48. The van der Waals surface area contributed by atoms with E-state index in [1.165, 1.54) is 36.5 Å². The van der Waals surface area contributed by atoms with E-state index in [2.05, 4.69) is 46.4 Å². The topological polar surface area (TPSA) is 113 Å². The molecule has 0 fully saturated rings. The Morgan fingerprint density at radius 1 is 0.561 bits per heavy atom. The zero-order valence-electron chi connectivity index (χ0n) is 37.7. The summed E-state index contributed by atoms with van der Waals surface area (Å²) < 4.78 is 17.6. The second-order valence-corrected chi connectivity index (χ2v) is 16.5. The number of esters is 1. The van der Waals surface area contributed by atoms with Crippen molar-refractivity contribution in [2.75, 3.05) is 19.8 Å². The van der Waals surface area contributed by atoms with Crippen molar-refractivity contribution >= 4 is 40.9 Å². The average molecular weight is 881 g/mol. The van der Waals surface area contributed by atoms with Crippen molar-refractivity contribution in [1.82, 2.24) is 0 Å². The van der Waals surface area contributed by atoms with Crippen LogP contribution in [0.1, 0.15) is 92.2 Å². The van der Waals surface area contributed by atoms with Gasteiger partial charge in [0.1, 0.15) is 23.9 Å². The Morgan fingerprint density at radius 3 is 1.64 bits per heavy atom. The van der Waals surface area contributed by atoms with E-state index in [1.54, 1.807) is 6.08 Å². The molecule has 0 N–H and O–H groups in total. The Morgan fingerprint density at radius 2 is 1.08 bits per heavy atom. The standard InChI is InChI=1S/C56H56N4O6/c1-3-5-6-7-39-63-50-31-27-48(28-32-50)60-58-46-23-18-42(19-24-46)20-33-53(61)65-51-14-8-12-43-34-36-56(54(43)51)37-35-44-13-9-15-52(55(44)56)66-64-40-10-11-41-16-21-45(22-17-41)57-59-47-25-29-49(30-26-47)62-38-4-2/h8-33H,3-7,34-40H2,1-2H3/b11-10+,33-20+,59-57?,60-58?. The lowest BCUT2D eigenvalue weighted by Crippen LogP contribution is -2.24. The molecular weight excluding hydrogens is 825 g/mol. The quantitative estimate of drug-likeness (QED) is 0.0135. The normalized spacial score (nSPS) is 15.3. The number of carbonyl (C=O) groups is 1. The number of hydrogen-bond donors (Lipinski definition) is 0. The third-order valence-electron chi connectivity index (χ3n) is 11.8. The van der Waals surface area contributed by atoms with Gasteiger partial charge in [0, 0.05) is 22.6 Å². The molecule has 0 radical (unpaired) electrons. The number of fused-ring (bicyclic) bond motifs is 4. The van der Waals surface area contributed by atoms with Gasteiger partial charge >= 0.3 is 5.97 Å². The van der Waals surface area contributed by atoms with E-state index in [4.69, 9.17) is 24.0 Å². The van der Waals surface area contributed by atoms with Crippen LogP contribution in [0.25, 0.3) is 12.2 Å². The smallest absolute Gasteiger partial charge is 0.336 e. The number of ether oxygens (including phenoxy) is 3. The second kappa shape index (κ2) is 22.6. The molecule has 10 heteroatoms. The fourth-order valence-electron chi connectivity index (χ4n) is 8.58. The van der Waals surface area contributed by atoms with Gasteiger partial charge in [0.15, 0.2) is 5.75 Å². The van der Waals surface area contributed by atoms with Crippen LogP contribution in [0.15, 0.2) is 166 Å². The van der Waals surface area contributed by atoms with E-state index in [1.807, 2.05) is 133 Å². The van der Waals surface area contributed by atoms with E-state index in [0.717, 1.165) is 95.9 Å². The first-order valence-electron chi connectivity index (χ1n) is 23.1. The molecule has 336 valence electrons. The predicted molar refractivity (Wildman–Crippen MR) is 260 cm³/mol. The molecule has 2 aliphatic rings. The van der Waals surface area contributed by atoms with Crippen LogP contribution in [0, 0.1) is 0 Å². The molecule has 6 aromatic carbocycles. The summed E-state index contributed by atoms with van der Waals surface area (Å²) in [5.41, 5.74) is 9.01. The monoisotopic (exact) mass is 880 g/mol. The Hall–Kier alpha value is -7.17. The van der Waals surface area contributed by atoms with E-state index in [0.29, 0.717) is 23.8 Å². The Bertz CT molecular complexity index is 2650. The molecule has 8 rings (SSSR count). The summed E-state index contributed by atoms with van der Waals surface area (Å²) in [6.07, 6.45) is 16.3. The van der Waals surface area contributed by atoms with Gasteiger partial charge in [-0.2, -0.15) is 25.3 Å². The van der Waals surface area contributed by atoms with Crippen molar-refractivity contribution in [3.8, 4) is 23.0 Å². The number of azo groups is 2. The molecule has 0 bridgehead atoms. The number of hydrogen-bond acceptors (Lipinski definition) is 10. The van der Waals surface area contributed by atoms with Gasteiger partial charge in [-0.15, -0.1) is 0 Å². The molecule has 1 unspecified atom stereocenters. The molecule has 1 spiro atoms. The summed E-state index contributed by atoms with van der Waals surface area (Å²) in [4.78, 5) is 25.2. The van der Waals surface area contributed by atoms with Crippen LogP contribution in [-0.4, -0.2) is 25.8 Å². The van der Waals surface area contributed by atoms with Crippen molar-refractivity contribution in [3.63, 3.8) is 0 Å². The molecule has 0 saturated heterocycles. The number of rotatable bonds is 21. The summed E-state index contributed by atoms with van der Waals surface area (Å²) in [6.45, 7) is 5.94. The lowest BCUT2D eigenvalue weighted by molar-refractivity contribution is -0.196. The molecule has 6 aromatic rings. The van der Waals surface area contributed by atoms with Gasteiger partial charge in [-0.05, 0) is 152 Å². The highest BCUT2D eigenvalue weighted by Crippen LogP contribution is 2.57. The van der Waals surface area contributed by atoms with Crippen LogP contribution in [0.3, 0.4) is 0 Å². The van der Waals surface area contributed by atoms with Crippen LogP contribution in [0.5, 0.6) is 23.0 Å². The number of nitrogens with zero attached hydrogens (tertiary/aromatic N) is 4. The van der Waals surface area contributed by atoms with Crippen LogP contribution < -0.4 is 19.1 Å². The third kappa shape index (κ3) is 11.7. The lowest BCUT2D eigenvalue weighted by Gasteiger charge is -2.29. The van der Waals surface area contributed by atoms with Gasteiger partial charge in [-0.25, -0.2) is 4.79 Å². The SMILES string of the molecule is CCCCCCOc1ccc(N=Nc2ccc(/C=C/C(=O)Oc3cccc4c3C3(CCc5cccc(OOC/C=C/c6ccc(N=Nc7ccc(OCCC)cc7)cc6)c53)CC4)cc2)cc1. The van der Waals surface area contributed by atoms with Gasteiger partial charge in [-0.3, -0.25) is 0 Å². The minimum atomic E-state index is -0.446. The Kier molecular flexibility index (Phi) is 15.6. The van der Waals surface area contributed by atoms with Crippen LogP contribution in [-0.2, 0) is 27.9 Å². The molecule has 0 saturated carbocycles. The fourth-order valence-corrected chi connectivity index (χ4v) is 8.58. The number of aryl methyl sites for hydroxylation is 2. The zero-order chi connectivity index (χ0) is 45.4. The maximum atomic E-state index is 13.4. The summed E-state index contributed by atoms with van der Waals surface area (Å²) in [6, 6.07) is 42.7. The molecule has 1 atom stereocenters. The number of unbranched alkanes of at least 4 members (excludes halogenated alkanes) is 3. The van der Waals surface area contributed by atoms with Gasteiger partial charge in [0.25, 0.3) is 0 Å². The van der Waals surface area contributed by atoms with Crippen LogP contribution >= 0.6 is 0 Å². The van der Waals surface area contributed by atoms with E-state index >= 15 is 0 Å². The van der Waals surface area contributed by atoms with Crippen molar-refractivity contribution in [2.24, 2.45) is 20.5 Å². The van der Waals surface area contributed by atoms with Gasteiger partial charge in [-0.1, -0.05) is 93.8 Å². The molecule has 0 heterocycles. The Labute approximate surface area is 387 Å². The molecular formula is C56H56N4O6. The Balaban J connectivity index is 0.848. The van der Waals surface area contributed by atoms with E-state index < -0.39 is 5.97 Å². The third-order valence-corrected chi connectivity index (χ3v) is 11.8. The molecule has 10 nitrogen and oxygen atoms in total. The molecule has 0 amide bonds. The summed E-state index contributed by atoms with van der Waals surface area (Å²) >= 11 is 0. The van der Waals surface area contributed by atoms with Crippen LogP contribution in [0.4, 0.5) is 22.7 Å². The lowest BCUT2D eigenvalue weighted by atomic mass is 9.76. The first kappa shape index (κ1) is 45.4. The minimum Gasteiger partial charge on any atom is -0.494 e. The van der Waals surface area contributed by atoms with E-state index in [-0.39, 0.29) is 12.0 Å². The number of carbonyl (C=O) groups excluding carboxylic acids is 1. The van der Waals surface area contributed by atoms with Gasteiger partial charge in [0.05, 0.1) is 36.0 Å². The fraction of sp³-hybridized carbons (Fsp3) is 0.268. The molecule has 66 heavy (non-hydrogen) atoms. The first-order chi connectivity index (χ1) is 32.5. The van der Waals surface area contributed by atoms with Gasteiger partial charge < -0.3 is 19.1 Å². The average Bonchev–Trinajstić information content (AvgIpc) is 3.93. The maximum absolute atomic E-state index is 13.4. The largest absolute Gasteiger partial charge is 0.494 e. The molecule has 0 aromatic heterocycles. The van der Waals surface area contributed by atoms with Crippen molar-refractivity contribution < 1.29 is 28.8 Å². The highest BCUT2D eigenvalue weighted by Gasteiger charge is 2.49. The van der Waals surface area contributed by atoms with Crippen molar-refractivity contribution in [2.45, 2.75) is 77.0 Å². The van der Waals surface area contributed by atoms with Crippen molar-refractivity contribution in [1.29, 1.82) is 0 Å². The molecule has 2 aliphatic carbocycles. The van der Waals surface area contributed by atoms with Crippen LogP contribution in [0.2, 0.25) is 0 Å². The van der Waals surface area contributed by atoms with E-state index in [9.17, 15) is 4.79 Å². The maximum Gasteiger partial charge on any atom is 0.336 e. The predicted octanol–water partition coefficient (Wildman–Crippen LogP) is 15.1. The summed E-state index contributed by atoms with van der Waals surface area (Å²) in [5, 5.41) is 17.5. The first-order valence-corrected chi connectivity index (χ1v) is 23.1.